The van der Waals surface area contributed by atoms with E-state index >= 15 is 0 Å². The summed E-state index contributed by atoms with van der Waals surface area (Å²) in [5.74, 6) is 0. The Balaban J connectivity index is 4.33. The molecule has 0 aliphatic rings. The van der Waals surface area contributed by atoms with Crippen LogP contribution >= 0.6 is 0 Å². The molecule has 0 saturated heterocycles. The molecule has 2 nitrogen and oxygen atoms in total. The Labute approximate surface area is 82.1 Å². The van der Waals surface area contributed by atoms with Crippen LogP contribution in [0.3, 0.4) is 0 Å². The second kappa shape index (κ2) is 3.86. The zero-order valence-corrected chi connectivity index (χ0v) is 9.49. The van der Waals surface area contributed by atoms with Gasteiger partial charge in [0, 0.05) is 11.2 Å². The SMILES string of the molecule is C=CNC(C)(C)C(=C)NC(C)(C)C. The van der Waals surface area contributed by atoms with Crippen molar-refractivity contribution in [3.05, 3.63) is 25.1 Å². The fourth-order valence-electron chi connectivity index (χ4n) is 0.951. The highest BCUT2D eigenvalue weighted by molar-refractivity contribution is 5.14. The minimum absolute atomic E-state index is 0.0528. The molecular formula is C11H22N2. The van der Waals surface area contributed by atoms with Crippen molar-refractivity contribution >= 4 is 0 Å². The summed E-state index contributed by atoms with van der Waals surface area (Å²) in [7, 11) is 0. The second-order valence-corrected chi connectivity index (χ2v) is 4.83. The van der Waals surface area contributed by atoms with E-state index in [2.05, 4.69) is 58.4 Å². The molecular weight excluding hydrogens is 160 g/mol. The maximum absolute atomic E-state index is 4.01. The molecule has 0 aromatic carbocycles. The highest BCUT2D eigenvalue weighted by Gasteiger charge is 2.22. The second-order valence-electron chi connectivity index (χ2n) is 4.83. The molecule has 0 rings (SSSR count). The van der Waals surface area contributed by atoms with Gasteiger partial charge in [0.15, 0.2) is 0 Å². The third-order valence-corrected chi connectivity index (χ3v) is 1.74. The molecule has 0 bridgehead atoms. The van der Waals surface area contributed by atoms with Crippen LogP contribution in [0.4, 0.5) is 0 Å². The fraction of sp³-hybridized carbons (Fsp3) is 0.636. The van der Waals surface area contributed by atoms with E-state index in [1.807, 2.05) is 0 Å². The van der Waals surface area contributed by atoms with Crippen LogP contribution in [0.5, 0.6) is 0 Å². The summed E-state index contributed by atoms with van der Waals surface area (Å²) in [6, 6.07) is 0. The quantitative estimate of drug-likeness (QED) is 0.697. The first-order chi connectivity index (χ1) is 5.69. The summed E-state index contributed by atoms with van der Waals surface area (Å²) in [4.78, 5) is 0. The minimum Gasteiger partial charge on any atom is -0.382 e. The normalized spacial score (nSPS) is 12.1. The van der Waals surface area contributed by atoms with Gasteiger partial charge in [-0.3, -0.25) is 0 Å². The van der Waals surface area contributed by atoms with Gasteiger partial charge in [-0.25, -0.2) is 0 Å². The molecule has 0 aliphatic carbocycles. The van der Waals surface area contributed by atoms with Crippen molar-refractivity contribution in [1.82, 2.24) is 10.6 Å². The van der Waals surface area contributed by atoms with Crippen molar-refractivity contribution < 1.29 is 0 Å². The standard InChI is InChI=1S/C11H22N2/c1-8-12-11(6,7)9(2)13-10(3,4)5/h8,12-13H,1-2H2,3-7H3. The topological polar surface area (TPSA) is 24.1 Å². The van der Waals surface area contributed by atoms with Gasteiger partial charge in [0.1, 0.15) is 0 Å². The van der Waals surface area contributed by atoms with Crippen LogP contribution in [-0.4, -0.2) is 11.1 Å². The van der Waals surface area contributed by atoms with Gasteiger partial charge in [-0.2, -0.15) is 0 Å². The van der Waals surface area contributed by atoms with E-state index in [4.69, 9.17) is 0 Å². The summed E-state index contributed by atoms with van der Waals surface area (Å²) in [5, 5.41) is 6.49. The smallest absolute Gasteiger partial charge is 0.0702 e. The molecule has 0 fully saturated rings. The predicted molar refractivity (Wildman–Crippen MR) is 59.4 cm³/mol. The molecule has 0 radical (unpaired) electrons. The molecule has 76 valence electrons. The first-order valence-electron chi connectivity index (χ1n) is 4.55. The van der Waals surface area contributed by atoms with Gasteiger partial charge in [-0.1, -0.05) is 13.2 Å². The van der Waals surface area contributed by atoms with E-state index in [0.29, 0.717) is 0 Å². The molecule has 0 heterocycles. The Morgan fingerprint density at radius 3 is 1.92 bits per heavy atom. The largest absolute Gasteiger partial charge is 0.382 e. The Bertz CT molecular complexity index is 197. The van der Waals surface area contributed by atoms with E-state index in [9.17, 15) is 0 Å². The summed E-state index contributed by atoms with van der Waals surface area (Å²) in [5.41, 5.74) is 0.867. The summed E-state index contributed by atoms with van der Waals surface area (Å²) in [6.07, 6.45) is 1.69. The Kier molecular flexibility index (Phi) is 3.59. The van der Waals surface area contributed by atoms with Gasteiger partial charge in [0.2, 0.25) is 0 Å². The van der Waals surface area contributed by atoms with Gasteiger partial charge in [-0.05, 0) is 40.8 Å². The molecule has 2 N–H and O–H groups in total. The molecule has 0 aromatic heterocycles. The fourth-order valence-corrected chi connectivity index (χ4v) is 0.951. The zero-order chi connectivity index (χ0) is 10.7. The molecule has 0 saturated carbocycles. The van der Waals surface area contributed by atoms with Crippen LogP contribution in [-0.2, 0) is 0 Å². The number of hydrogen-bond acceptors (Lipinski definition) is 2. The van der Waals surface area contributed by atoms with Crippen molar-refractivity contribution in [1.29, 1.82) is 0 Å². The van der Waals surface area contributed by atoms with Gasteiger partial charge in [-0.15, -0.1) is 0 Å². The third-order valence-electron chi connectivity index (χ3n) is 1.74. The van der Waals surface area contributed by atoms with Crippen LogP contribution in [0.1, 0.15) is 34.6 Å². The first kappa shape index (κ1) is 12.1. The Hall–Kier alpha value is -0.920. The monoisotopic (exact) mass is 182 g/mol. The van der Waals surface area contributed by atoms with Crippen LogP contribution in [0, 0.1) is 0 Å². The Morgan fingerprint density at radius 2 is 1.62 bits per heavy atom. The minimum atomic E-state index is -0.158. The molecule has 0 atom stereocenters. The van der Waals surface area contributed by atoms with Gasteiger partial charge < -0.3 is 10.6 Å². The van der Waals surface area contributed by atoms with Crippen LogP contribution in [0.25, 0.3) is 0 Å². The highest BCUT2D eigenvalue weighted by atomic mass is 15.1. The highest BCUT2D eigenvalue weighted by Crippen LogP contribution is 2.14. The number of rotatable bonds is 4. The van der Waals surface area contributed by atoms with Crippen LogP contribution in [0.15, 0.2) is 25.1 Å². The average molecular weight is 182 g/mol. The van der Waals surface area contributed by atoms with E-state index in [-0.39, 0.29) is 11.1 Å². The zero-order valence-electron chi connectivity index (χ0n) is 9.49. The summed E-state index contributed by atoms with van der Waals surface area (Å²) >= 11 is 0. The molecule has 2 heteroatoms. The van der Waals surface area contributed by atoms with E-state index in [0.717, 1.165) is 5.70 Å². The number of nitrogens with one attached hydrogen (secondary N) is 2. The molecule has 0 amide bonds. The van der Waals surface area contributed by atoms with E-state index < -0.39 is 0 Å². The van der Waals surface area contributed by atoms with Crippen molar-refractivity contribution in [3.8, 4) is 0 Å². The van der Waals surface area contributed by atoms with Gasteiger partial charge in [0.25, 0.3) is 0 Å². The van der Waals surface area contributed by atoms with Crippen molar-refractivity contribution in [2.75, 3.05) is 0 Å². The molecule has 0 aromatic rings. The molecule has 0 unspecified atom stereocenters. The Morgan fingerprint density at radius 1 is 1.15 bits per heavy atom. The van der Waals surface area contributed by atoms with E-state index in [1.54, 1.807) is 6.20 Å². The lowest BCUT2D eigenvalue weighted by Gasteiger charge is -2.34. The van der Waals surface area contributed by atoms with Crippen LogP contribution in [0.2, 0.25) is 0 Å². The lowest BCUT2D eigenvalue weighted by Crippen LogP contribution is -2.47. The molecule has 13 heavy (non-hydrogen) atoms. The first-order valence-corrected chi connectivity index (χ1v) is 4.55. The molecule has 0 spiro atoms. The maximum Gasteiger partial charge on any atom is 0.0702 e. The summed E-state index contributed by atoms with van der Waals surface area (Å²) in [6.45, 7) is 18.1. The maximum atomic E-state index is 4.01. The summed E-state index contributed by atoms with van der Waals surface area (Å²) < 4.78 is 0. The van der Waals surface area contributed by atoms with Gasteiger partial charge in [0.05, 0.1) is 5.54 Å². The lowest BCUT2D eigenvalue weighted by atomic mass is 9.98. The van der Waals surface area contributed by atoms with Gasteiger partial charge >= 0.3 is 0 Å². The lowest BCUT2D eigenvalue weighted by molar-refractivity contribution is 0.400. The number of hydrogen-bond donors (Lipinski definition) is 2. The average Bonchev–Trinajstić information content (AvgIpc) is 1.82. The van der Waals surface area contributed by atoms with Crippen molar-refractivity contribution in [3.63, 3.8) is 0 Å². The van der Waals surface area contributed by atoms with Crippen molar-refractivity contribution in [2.45, 2.75) is 45.7 Å². The van der Waals surface area contributed by atoms with Crippen molar-refractivity contribution in [2.24, 2.45) is 0 Å². The third kappa shape index (κ3) is 4.61. The predicted octanol–water partition coefficient (Wildman–Crippen LogP) is 2.40. The van der Waals surface area contributed by atoms with E-state index in [1.165, 1.54) is 0 Å². The van der Waals surface area contributed by atoms with Crippen LogP contribution < -0.4 is 10.6 Å². The molecule has 0 aliphatic heterocycles.